The van der Waals surface area contributed by atoms with Crippen molar-refractivity contribution in [1.82, 2.24) is 4.98 Å². The number of hydrogen-bond donors (Lipinski definition) is 0. The zero-order valence-corrected chi connectivity index (χ0v) is 11.2. The summed E-state index contributed by atoms with van der Waals surface area (Å²) in [6.45, 7) is 1.60. The monoisotopic (exact) mass is 257 g/mol. The van der Waals surface area contributed by atoms with Crippen LogP contribution in [0.1, 0.15) is 46.4 Å². The lowest BCUT2D eigenvalue weighted by molar-refractivity contribution is 0.102. The van der Waals surface area contributed by atoms with Crippen molar-refractivity contribution in [1.29, 1.82) is 0 Å². The summed E-state index contributed by atoms with van der Waals surface area (Å²) in [5.41, 5.74) is 1.40. The van der Waals surface area contributed by atoms with E-state index in [0.29, 0.717) is 0 Å². The summed E-state index contributed by atoms with van der Waals surface area (Å²) < 4.78 is 0. The molecular formula is C15H15NOS. The minimum absolute atomic E-state index is 0.0691. The number of Topliss-reactive ketones (excluding diaryl/α,β-unsaturated/α-hetero) is 1. The normalized spacial score (nSPS) is 17.2. The second kappa shape index (κ2) is 4.32. The number of carbonyl (C=O) groups excluding carboxylic acids is 1. The molecule has 0 amide bonds. The van der Waals surface area contributed by atoms with Crippen molar-refractivity contribution in [3.05, 3.63) is 52.0 Å². The van der Waals surface area contributed by atoms with Crippen molar-refractivity contribution in [3.8, 4) is 0 Å². The zero-order valence-electron chi connectivity index (χ0n) is 10.3. The first-order valence-electron chi connectivity index (χ1n) is 6.25. The Bertz CT molecular complexity index is 569. The quantitative estimate of drug-likeness (QED) is 0.782. The highest BCUT2D eigenvalue weighted by Crippen LogP contribution is 2.49. The van der Waals surface area contributed by atoms with Gasteiger partial charge in [-0.15, -0.1) is 11.3 Å². The van der Waals surface area contributed by atoms with Crippen LogP contribution in [0.5, 0.6) is 0 Å². The van der Waals surface area contributed by atoms with E-state index in [1.807, 2.05) is 6.07 Å². The van der Waals surface area contributed by atoms with Crippen molar-refractivity contribution in [2.45, 2.75) is 31.6 Å². The van der Waals surface area contributed by atoms with E-state index < -0.39 is 0 Å². The Balaban J connectivity index is 2.04. The summed E-state index contributed by atoms with van der Waals surface area (Å²) >= 11 is 1.56. The number of rotatable bonds is 3. The molecule has 0 unspecified atom stereocenters. The molecule has 0 atom stereocenters. The molecule has 2 aromatic rings. The fraction of sp³-hybridized carbons (Fsp3) is 0.333. The highest BCUT2D eigenvalue weighted by atomic mass is 32.1. The van der Waals surface area contributed by atoms with Crippen LogP contribution in [0.25, 0.3) is 0 Å². The lowest BCUT2D eigenvalue weighted by atomic mass is 9.65. The number of benzene rings is 1. The minimum Gasteiger partial charge on any atom is -0.294 e. The van der Waals surface area contributed by atoms with E-state index in [1.165, 1.54) is 12.0 Å². The van der Waals surface area contributed by atoms with Gasteiger partial charge in [-0.1, -0.05) is 36.8 Å². The van der Waals surface area contributed by atoms with E-state index in [1.54, 1.807) is 24.5 Å². The van der Waals surface area contributed by atoms with Gasteiger partial charge in [0.2, 0.25) is 0 Å². The molecule has 1 heterocycles. The molecule has 0 N–H and O–H groups in total. The molecule has 1 aliphatic rings. The van der Waals surface area contributed by atoms with Gasteiger partial charge in [0.25, 0.3) is 0 Å². The van der Waals surface area contributed by atoms with Crippen LogP contribution in [0.15, 0.2) is 36.5 Å². The molecular weight excluding hydrogens is 242 g/mol. The summed E-state index contributed by atoms with van der Waals surface area (Å²) in [5, 5.41) is 1.10. The third-order valence-electron chi connectivity index (χ3n) is 3.80. The van der Waals surface area contributed by atoms with Crippen molar-refractivity contribution in [2.24, 2.45) is 0 Å². The molecule has 1 aliphatic carbocycles. The molecule has 0 radical (unpaired) electrons. The summed E-state index contributed by atoms with van der Waals surface area (Å²) in [7, 11) is 0. The van der Waals surface area contributed by atoms with Gasteiger partial charge in [0.1, 0.15) is 5.01 Å². The van der Waals surface area contributed by atoms with E-state index in [9.17, 15) is 4.79 Å². The second-order valence-corrected chi connectivity index (χ2v) is 5.92. The largest absolute Gasteiger partial charge is 0.294 e. The standard InChI is InChI=1S/C15H15NOS/c1-11(17)13-10-16-14(18-13)15(8-5-9-15)12-6-3-2-4-7-12/h2-4,6-7,10H,5,8-9H2,1H3. The topological polar surface area (TPSA) is 30.0 Å². The molecule has 3 heteroatoms. The predicted octanol–water partition coefficient (Wildman–Crippen LogP) is 3.82. The van der Waals surface area contributed by atoms with Crippen LogP contribution in [0.4, 0.5) is 0 Å². The maximum absolute atomic E-state index is 11.4. The van der Waals surface area contributed by atoms with Crippen LogP contribution >= 0.6 is 11.3 Å². The van der Waals surface area contributed by atoms with Gasteiger partial charge in [-0.25, -0.2) is 4.98 Å². The number of aromatic nitrogens is 1. The van der Waals surface area contributed by atoms with Crippen LogP contribution < -0.4 is 0 Å². The summed E-state index contributed by atoms with van der Waals surface area (Å²) in [4.78, 5) is 16.7. The molecule has 3 rings (SSSR count). The molecule has 0 saturated heterocycles. The van der Waals surface area contributed by atoms with Crippen LogP contribution in [0.2, 0.25) is 0 Å². The molecule has 18 heavy (non-hydrogen) atoms. The van der Waals surface area contributed by atoms with Crippen molar-refractivity contribution in [2.75, 3.05) is 0 Å². The van der Waals surface area contributed by atoms with Crippen LogP contribution in [-0.4, -0.2) is 10.8 Å². The van der Waals surface area contributed by atoms with Gasteiger partial charge in [-0.2, -0.15) is 0 Å². The van der Waals surface area contributed by atoms with Crippen molar-refractivity contribution < 1.29 is 4.79 Å². The van der Waals surface area contributed by atoms with Crippen molar-refractivity contribution in [3.63, 3.8) is 0 Å². The lowest BCUT2D eigenvalue weighted by Gasteiger charge is -2.40. The Kier molecular flexibility index (Phi) is 2.78. The molecule has 0 bridgehead atoms. The van der Waals surface area contributed by atoms with Gasteiger partial charge in [0.15, 0.2) is 5.78 Å². The first-order valence-corrected chi connectivity index (χ1v) is 7.07. The fourth-order valence-corrected chi connectivity index (χ4v) is 3.65. The molecule has 1 saturated carbocycles. The average molecular weight is 257 g/mol. The summed E-state index contributed by atoms with van der Waals surface area (Å²) in [6, 6.07) is 10.5. The Hall–Kier alpha value is -1.48. The number of ketones is 1. The molecule has 92 valence electrons. The Labute approximate surface area is 111 Å². The van der Waals surface area contributed by atoms with Gasteiger partial charge < -0.3 is 0 Å². The highest BCUT2D eigenvalue weighted by Gasteiger charge is 2.42. The average Bonchev–Trinajstić information content (AvgIpc) is 2.79. The van der Waals surface area contributed by atoms with E-state index in [0.717, 1.165) is 22.7 Å². The van der Waals surface area contributed by atoms with Gasteiger partial charge in [-0.05, 0) is 18.4 Å². The maximum atomic E-state index is 11.4. The Morgan fingerprint density at radius 3 is 2.50 bits per heavy atom. The maximum Gasteiger partial charge on any atom is 0.171 e. The SMILES string of the molecule is CC(=O)c1cnc(C2(c3ccccc3)CCC2)s1. The van der Waals surface area contributed by atoms with Crippen molar-refractivity contribution >= 4 is 17.1 Å². The molecule has 1 fully saturated rings. The first-order chi connectivity index (χ1) is 8.72. The Morgan fingerprint density at radius 1 is 1.28 bits per heavy atom. The number of carbonyl (C=O) groups is 1. The lowest BCUT2D eigenvalue weighted by Crippen LogP contribution is -2.35. The first kappa shape index (κ1) is 11.6. The Morgan fingerprint density at radius 2 is 2.00 bits per heavy atom. The van der Waals surface area contributed by atoms with Gasteiger partial charge in [-0.3, -0.25) is 4.79 Å². The molecule has 2 nitrogen and oxygen atoms in total. The van der Waals surface area contributed by atoms with Gasteiger partial charge >= 0.3 is 0 Å². The molecule has 0 aliphatic heterocycles. The molecule has 0 spiro atoms. The van der Waals surface area contributed by atoms with Crippen LogP contribution in [-0.2, 0) is 5.41 Å². The third-order valence-corrected chi connectivity index (χ3v) is 5.10. The second-order valence-electron chi connectivity index (χ2n) is 4.89. The van der Waals surface area contributed by atoms with Gasteiger partial charge in [0.05, 0.1) is 4.88 Å². The zero-order chi connectivity index (χ0) is 12.6. The smallest absolute Gasteiger partial charge is 0.171 e. The van der Waals surface area contributed by atoms with E-state index in [4.69, 9.17) is 0 Å². The number of nitrogens with zero attached hydrogens (tertiary/aromatic N) is 1. The summed E-state index contributed by atoms with van der Waals surface area (Å²) in [5.74, 6) is 0.112. The van der Waals surface area contributed by atoms with Gasteiger partial charge in [0, 0.05) is 18.5 Å². The highest BCUT2D eigenvalue weighted by molar-refractivity contribution is 7.13. The van der Waals surface area contributed by atoms with Crippen LogP contribution in [0.3, 0.4) is 0 Å². The third kappa shape index (κ3) is 1.70. The predicted molar refractivity (Wildman–Crippen MR) is 73.2 cm³/mol. The van der Waals surface area contributed by atoms with Crippen LogP contribution in [0, 0.1) is 0 Å². The number of hydrogen-bond acceptors (Lipinski definition) is 3. The number of thiazole rings is 1. The van der Waals surface area contributed by atoms with E-state index in [2.05, 4.69) is 29.2 Å². The minimum atomic E-state index is 0.0691. The fourth-order valence-electron chi connectivity index (χ4n) is 2.57. The molecule has 1 aromatic carbocycles. The van der Waals surface area contributed by atoms with E-state index >= 15 is 0 Å². The summed E-state index contributed by atoms with van der Waals surface area (Å²) in [6.07, 6.45) is 5.25. The molecule has 1 aromatic heterocycles. The van der Waals surface area contributed by atoms with E-state index in [-0.39, 0.29) is 11.2 Å².